The molecule has 0 aliphatic heterocycles. The zero-order chi connectivity index (χ0) is 23.6. The van der Waals surface area contributed by atoms with Gasteiger partial charge in [0.05, 0.1) is 0 Å². The first kappa shape index (κ1) is 25.0. The van der Waals surface area contributed by atoms with Gasteiger partial charge in [-0.3, -0.25) is 9.59 Å². The highest BCUT2D eigenvalue weighted by molar-refractivity contribution is 5.88. The second kappa shape index (κ2) is 10.2. The van der Waals surface area contributed by atoms with Crippen molar-refractivity contribution in [3.8, 4) is 0 Å². The molecule has 3 heteroatoms. The van der Waals surface area contributed by atoms with Crippen LogP contribution in [0.3, 0.4) is 0 Å². The molecule has 0 bridgehead atoms. The van der Waals surface area contributed by atoms with Gasteiger partial charge in [-0.2, -0.15) is 0 Å². The maximum Gasteiger partial charge on any atom is 0.303 e. The average molecular weight is 457 g/mol. The van der Waals surface area contributed by atoms with Gasteiger partial charge in [0.2, 0.25) is 0 Å². The Hall–Kier alpha value is -1.12. The molecule has 0 heterocycles. The smallest absolute Gasteiger partial charge is 0.303 e. The van der Waals surface area contributed by atoms with Crippen LogP contribution in [0.5, 0.6) is 0 Å². The van der Waals surface area contributed by atoms with E-state index in [4.69, 9.17) is 5.11 Å². The number of hydrogen-bond donors (Lipinski definition) is 1. The summed E-state index contributed by atoms with van der Waals surface area (Å²) >= 11 is 0. The van der Waals surface area contributed by atoms with Crippen LogP contribution in [0.4, 0.5) is 0 Å². The third-order valence-electron chi connectivity index (χ3n) is 11.4. The summed E-state index contributed by atoms with van der Waals surface area (Å²) in [4.78, 5) is 22.5. The van der Waals surface area contributed by atoms with E-state index in [9.17, 15) is 9.59 Å². The predicted octanol–water partition coefficient (Wildman–Crippen LogP) is 7.83. The highest BCUT2D eigenvalue weighted by Gasteiger charge is 2.59. The zero-order valence-corrected chi connectivity index (χ0v) is 21.3. The molecule has 0 radical (unpaired) electrons. The molecule has 0 aromatic rings. The number of aliphatic carboxylic acids is 1. The van der Waals surface area contributed by atoms with Crippen molar-refractivity contribution in [3.63, 3.8) is 0 Å². The number of ketones is 1. The van der Waals surface area contributed by atoms with E-state index < -0.39 is 5.97 Å². The Morgan fingerprint density at radius 3 is 2.39 bits per heavy atom. The lowest BCUT2D eigenvalue weighted by Gasteiger charge is -2.61. The highest BCUT2D eigenvalue weighted by Crippen LogP contribution is 2.68. The van der Waals surface area contributed by atoms with Crippen LogP contribution in [-0.4, -0.2) is 16.9 Å². The topological polar surface area (TPSA) is 54.4 Å². The van der Waals surface area contributed by atoms with Crippen LogP contribution in [-0.2, 0) is 9.59 Å². The number of carboxylic acid groups (broad SMARTS) is 1. The summed E-state index contributed by atoms with van der Waals surface area (Å²) in [6.07, 6.45) is 20.6. The molecule has 1 N–H and O–H groups in total. The summed E-state index contributed by atoms with van der Waals surface area (Å²) in [5.74, 6) is 4.80. The first-order valence-electron chi connectivity index (χ1n) is 14.1. The van der Waals surface area contributed by atoms with Crippen molar-refractivity contribution in [1.82, 2.24) is 0 Å². The van der Waals surface area contributed by atoms with E-state index in [1.54, 1.807) is 0 Å². The van der Waals surface area contributed by atoms with E-state index in [1.165, 1.54) is 76.7 Å². The molecule has 4 rings (SSSR count). The lowest BCUT2D eigenvalue weighted by Crippen LogP contribution is -2.53. The molecule has 4 fully saturated rings. The van der Waals surface area contributed by atoms with Crippen LogP contribution in [0, 0.1) is 46.3 Å². The van der Waals surface area contributed by atoms with Crippen molar-refractivity contribution in [2.24, 2.45) is 46.3 Å². The van der Waals surface area contributed by atoms with Crippen LogP contribution in [0.15, 0.2) is 12.7 Å². The van der Waals surface area contributed by atoms with E-state index in [1.807, 2.05) is 0 Å². The SMILES string of the molecule is C=CC(=O)CCCCC1CC[C@]2(C)C3CC[C@]4(C)C(CCCC(=O)O)CCC4C3CC[C@@H]2C1. The predicted molar refractivity (Wildman–Crippen MR) is 134 cm³/mol. The third kappa shape index (κ3) is 4.98. The largest absolute Gasteiger partial charge is 0.481 e. The molecule has 186 valence electrons. The van der Waals surface area contributed by atoms with E-state index >= 15 is 0 Å². The first-order chi connectivity index (χ1) is 15.8. The highest BCUT2D eigenvalue weighted by atomic mass is 16.4. The van der Waals surface area contributed by atoms with Crippen LogP contribution >= 0.6 is 0 Å². The molecule has 0 aromatic carbocycles. The van der Waals surface area contributed by atoms with Gasteiger partial charge in [-0.1, -0.05) is 33.3 Å². The quantitative estimate of drug-likeness (QED) is 0.269. The Morgan fingerprint density at radius 1 is 0.879 bits per heavy atom. The number of carbonyl (C=O) groups excluding carboxylic acids is 1. The molecule has 4 aliphatic rings. The molecular weight excluding hydrogens is 408 g/mol. The minimum Gasteiger partial charge on any atom is -0.481 e. The van der Waals surface area contributed by atoms with Gasteiger partial charge in [-0.05, 0) is 129 Å². The van der Waals surface area contributed by atoms with Gasteiger partial charge in [0.15, 0.2) is 5.78 Å². The Kier molecular flexibility index (Phi) is 7.76. The molecule has 3 nitrogen and oxygen atoms in total. The number of carboxylic acids is 1. The molecule has 4 saturated carbocycles. The minimum absolute atomic E-state index is 0.199. The molecular formula is C30H48O3. The lowest BCUT2D eigenvalue weighted by molar-refractivity contribution is -0.137. The maximum absolute atomic E-state index is 11.5. The molecule has 8 atom stereocenters. The monoisotopic (exact) mass is 456 g/mol. The van der Waals surface area contributed by atoms with Crippen molar-refractivity contribution in [2.45, 2.75) is 117 Å². The van der Waals surface area contributed by atoms with Gasteiger partial charge in [-0.15, -0.1) is 0 Å². The summed E-state index contributed by atoms with van der Waals surface area (Å²) in [5.41, 5.74) is 1.00. The third-order valence-corrected chi connectivity index (χ3v) is 11.4. The van der Waals surface area contributed by atoms with Crippen molar-refractivity contribution >= 4 is 11.8 Å². The van der Waals surface area contributed by atoms with Gasteiger partial charge in [0.25, 0.3) is 0 Å². The Labute approximate surface area is 202 Å². The van der Waals surface area contributed by atoms with E-state index in [-0.39, 0.29) is 5.78 Å². The van der Waals surface area contributed by atoms with E-state index in [2.05, 4.69) is 20.4 Å². The Morgan fingerprint density at radius 2 is 1.64 bits per heavy atom. The van der Waals surface area contributed by atoms with Gasteiger partial charge in [0.1, 0.15) is 0 Å². The number of fused-ring (bicyclic) bond motifs is 5. The molecule has 5 unspecified atom stereocenters. The van der Waals surface area contributed by atoms with Crippen molar-refractivity contribution < 1.29 is 14.7 Å². The molecule has 0 aromatic heterocycles. The van der Waals surface area contributed by atoms with Crippen molar-refractivity contribution in [2.75, 3.05) is 0 Å². The molecule has 33 heavy (non-hydrogen) atoms. The zero-order valence-electron chi connectivity index (χ0n) is 21.3. The number of hydrogen-bond acceptors (Lipinski definition) is 2. The minimum atomic E-state index is -0.634. The van der Waals surface area contributed by atoms with Gasteiger partial charge >= 0.3 is 5.97 Å². The average Bonchev–Trinajstić information content (AvgIpc) is 3.12. The first-order valence-corrected chi connectivity index (χ1v) is 14.1. The summed E-state index contributed by atoms with van der Waals surface area (Å²) in [6.45, 7) is 8.83. The fourth-order valence-electron chi connectivity index (χ4n) is 9.53. The summed E-state index contributed by atoms with van der Waals surface area (Å²) in [6, 6.07) is 0. The number of rotatable bonds is 10. The molecule has 4 aliphatic carbocycles. The van der Waals surface area contributed by atoms with Gasteiger partial charge in [0, 0.05) is 12.8 Å². The fraction of sp³-hybridized carbons (Fsp3) is 0.867. The Bertz CT molecular complexity index is 728. The Balaban J connectivity index is 1.33. The van der Waals surface area contributed by atoms with Gasteiger partial charge < -0.3 is 5.11 Å². The standard InChI is InChI=1S/C30H48O3/c1-4-24(31)10-6-5-8-21-16-18-30(3)23(20-21)12-14-25-26-15-13-22(9-7-11-28(32)33)29(26,2)19-17-27(25)30/h4,21-23,25-27H,1,5-20H2,2-3H3,(H,32,33)/t21?,22?,23-,25?,26?,27?,29-,30+/m1/s1. The lowest BCUT2D eigenvalue weighted by atomic mass is 9.44. The number of allylic oxidation sites excluding steroid dienone is 1. The second-order valence-electron chi connectivity index (χ2n) is 12.8. The summed E-state index contributed by atoms with van der Waals surface area (Å²) in [7, 11) is 0. The molecule has 0 spiro atoms. The summed E-state index contributed by atoms with van der Waals surface area (Å²) in [5, 5.41) is 9.07. The summed E-state index contributed by atoms with van der Waals surface area (Å²) < 4.78 is 0. The maximum atomic E-state index is 11.5. The van der Waals surface area contributed by atoms with Crippen molar-refractivity contribution in [3.05, 3.63) is 12.7 Å². The number of unbranched alkanes of at least 4 members (excludes halogenated alkanes) is 1. The number of carbonyl (C=O) groups is 2. The van der Waals surface area contributed by atoms with Crippen molar-refractivity contribution in [1.29, 1.82) is 0 Å². The van der Waals surface area contributed by atoms with Gasteiger partial charge in [-0.25, -0.2) is 0 Å². The van der Waals surface area contributed by atoms with Crippen LogP contribution in [0.2, 0.25) is 0 Å². The van der Waals surface area contributed by atoms with Crippen LogP contribution in [0.25, 0.3) is 0 Å². The second-order valence-corrected chi connectivity index (χ2v) is 12.8. The molecule has 0 saturated heterocycles. The van der Waals surface area contributed by atoms with Crippen LogP contribution < -0.4 is 0 Å². The molecule has 0 amide bonds. The normalized spacial score (nSPS) is 42.1. The van der Waals surface area contributed by atoms with E-state index in [0.29, 0.717) is 23.7 Å². The fourth-order valence-corrected chi connectivity index (χ4v) is 9.53. The van der Waals surface area contributed by atoms with E-state index in [0.717, 1.165) is 54.8 Å². The van der Waals surface area contributed by atoms with Crippen LogP contribution in [0.1, 0.15) is 117 Å².